The first kappa shape index (κ1) is 14.2. The summed E-state index contributed by atoms with van der Waals surface area (Å²) in [6.07, 6.45) is 1.55. The van der Waals surface area contributed by atoms with Crippen LogP contribution in [0.3, 0.4) is 0 Å². The summed E-state index contributed by atoms with van der Waals surface area (Å²) in [7, 11) is 0. The Labute approximate surface area is 131 Å². The van der Waals surface area contributed by atoms with Crippen LogP contribution in [0.1, 0.15) is 5.56 Å². The number of benzene rings is 2. The number of anilines is 1. The highest BCUT2D eigenvalue weighted by Gasteiger charge is 2.34. The van der Waals surface area contributed by atoms with Gasteiger partial charge in [-0.05, 0) is 42.0 Å². The van der Waals surface area contributed by atoms with E-state index in [1.807, 2.05) is 0 Å². The Morgan fingerprint density at radius 3 is 2.50 bits per heavy atom. The molecule has 0 radical (unpaired) electrons. The number of carbonyl (C=O) groups excluding carboxylic acids is 2. The maximum absolute atomic E-state index is 12.4. The average Bonchev–Trinajstić information content (AvgIpc) is 2.76. The van der Waals surface area contributed by atoms with E-state index in [4.69, 9.17) is 11.6 Å². The van der Waals surface area contributed by atoms with Crippen LogP contribution in [0.5, 0.6) is 5.75 Å². The minimum atomic E-state index is -0.530. The molecule has 1 aliphatic heterocycles. The minimum absolute atomic E-state index is 0.129. The van der Waals surface area contributed by atoms with Crippen LogP contribution in [0.15, 0.2) is 54.2 Å². The van der Waals surface area contributed by atoms with Crippen molar-refractivity contribution in [1.82, 2.24) is 5.32 Å². The van der Waals surface area contributed by atoms with Gasteiger partial charge < -0.3 is 10.4 Å². The molecule has 0 aromatic heterocycles. The number of aromatic hydroxyl groups is 1. The highest BCUT2D eigenvalue weighted by atomic mass is 35.5. The lowest BCUT2D eigenvalue weighted by atomic mass is 10.2. The van der Waals surface area contributed by atoms with E-state index in [-0.39, 0.29) is 11.4 Å². The van der Waals surface area contributed by atoms with E-state index in [9.17, 15) is 14.7 Å². The minimum Gasteiger partial charge on any atom is -0.508 e. The van der Waals surface area contributed by atoms with Gasteiger partial charge in [-0.3, -0.25) is 4.79 Å². The van der Waals surface area contributed by atoms with Crippen LogP contribution in [0.2, 0.25) is 5.02 Å². The molecule has 6 heteroatoms. The summed E-state index contributed by atoms with van der Waals surface area (Å²) in [5.41, 5.74) is 1.26. The van der Waals surface area contributed by atoms with Crippen LogP contribution in [-0.4, -0.2) is 17.0 Å². The average molecular weight is 315 g/mol. The fraction of sp³-hybridized carbons (Fsp3) is 0. The standard InChI is InChI=1S/C16H11ClN2O3/c17-11-2-1-3-12(9-11)19-15(21)14(18-16(19)22)8-10-4-6-13(20)7-5-10/h1-9,20H,(H,18,22)/b14-8+. The van der Waals surface area contributed by atoms with Crippen molar-refractivity contribution in [1.29, 1.82) is 0 Å². The highest BCUT2D eigenvalue weighted by Crippen LogP contribution is 2.25. The molecule has 2 aromatic carbocycles. The van der Waals surface area contributed by atoms with Crippen molar-refractivity contribution in [2.24, 2.45) is 0 Å². The van der Waals surface area contributed by atoms with E-state index in [1.54, 1.807) is 42.5 Å². The molecule has 1 saturated heterocycles. The second kappa shape index (κ2) is 5.54. The zero-order valence-electron chi connectivity index (χ0n) is 11.3. The molecule has 0 aliphatic carbocycles. The maximum Gasteiger partial charge on any atom is 0.333 e. The van der Waals surface area contributed by atoms with Gasteiger partial charge in [-0.1, -0.05) is 29.8 Å². The van der Waals surface area contributed by atoms with Crippen LogP contribution < -0.4 is 10.2 Å². The number of rotatable bonds is 2. The second-order valence-electron chi connectivity index (χ2n) is 4.70. The molecule has 0 atom stereocenters. The van der Waals surface area contributed by atoms with Crippen LogP contribution >= 0.6 is 11.6 Å². The summed E-state index contributed by atoms with van der Waals surface area (Å²) in [6.45, 7) is 0. The molecule has 0 saturated carbocycles. The first-order valence-electron chi connectivity index (χ1n) is 6.46. The maximum atomic E-state index is 12.4. The topological polar surface area (TPSA) is 69.6 Å². The summed E-state index contributed by atoms with van der Waals surface area (Å²) in [4.78, 5) is 25.4. The third-order valence-corrected chi connectivity index (χ3v) is 3.38. The number of phenolic OH excluding ortho intramolecular Hbond substituents is 1. The first-order chi connectivity index (χ1) is 10.5. The molecule has 0 spiro atoms. The Morgan fingerprint density at radius 1 is 1.09 bits per heavy atom. The van der Waals surface area contributed by atoms with Gasteiger partial charge in [-0.2, -0.15) is 0 Å². The fourth-order valence-electron chi connectivity index (χ4n) is 2.12. The Kier molecular flexibility index (Phi) is 3.56. The predicted molar refractivity (Wildman–Crippen MR) is 83.6 cm³/mol. The number of hydrogen-bond donors (Lipinski definition) is 2. The lowest BCUT2D eigenvalue weighted by Crippen LogP contribution is -2.30. The third-order valence-electron chi connectivity index (χ3n) is 3.15. The van der Waals surface area contributed by atoms with Crippen molar-refractivity contribution in [3.05, 3.63) is 64.8 Å². The smallest absolute Gasteiger partial charge is 0.333 e. The van der Waals surface area contributed by atoms with Gasteiger partial charge in [0.25, 0.3) is 5.91 Å². The molecule has 3 amide bonds. The number of halogens is 1. The van der Waals surface area contributed by atoms with Gasteiger partial charge in [0.15, 0.2) is 0 Å². The van der Waals surface area contributed by atoms with Gasteiger partial charge in [0.2, 0.25) is 0 Å². The highest BCUT2D eigenvalue weighted by molar-refractivity contribution is 6.32. The molecule has 1 fully saturated rings. The molecule has 2 N–H and O–H groups in total. The van der Waals surface area contributed by atoms with Crippen molar-refractivity contribution in [2.45, 2.75) is 0 Å². The Bertz CT molecular complexity index is 784. The molecule has 5 nitrogen and oxygen atoms in total. The normalized spacial score (nSPS) is 16.2. The molecule has 2 aromatic rings. The Morgan fingerprint density at radius 2 is 1.82 bits per heavy atom. The summed E-state index contributed by atoms with van der Waals surface area (Å²) in [6, 6.07) is 12.3. The summed E-state index contributed by atoms with van der Waals surface area (Å²) in [5.74, 6) is -0.329. The number of nitrogens with zero attached hydrogens (tertiary/aromatic N) is 1. The lowest BCUT2D eigenvalue weighted by molar-refractivity contribution is -0.113. The van der Waals surface area contributed by atoms with Gasteiger partial charge in [0.05, 0.1) is 5.69 Å². The summed E-state index contributed by atoms with van der Waals surface area (Å²) in [5, 5.41) is 12.2. The second-order valence-corrected chi connectivity index (χ2v) is 5.14. The van der Waals surface area contributed by atoms with Crippen molar-refractivity contribution in [3.8, 4) is 5.75 Å². The molecule has 3 rings (SSSR count). The fourth-order valence-corrected chi connectivity index (χ4v) is 2.31. The molecule has 0 unspecified atom stereocenters. The summed E-state index contributed by atoms with van der Waals surface area (Å²) < 4.78 is 0. The first-order valence-corrected chi connectivity index (χ1v) is 6.84. The Balaban J connectivity index is 1.93. The van der Waals surface area contributed by atoms with Gasteiger partial charge >= 0.3 is 6.03 Å². The van der Waals surface area contributed by atoms with Gasteiger partial charge in [-0.15, -0.1) is 0 Å². The van der Waals surface area contributed by atoms with Crippen LogP contribution in [0, 0.1) is 0 Å². The zero-order valence-corrected chi connectivity index (χ0v) is 12.0. The molecular formula is C16H11ClN2O3. The number of nitrogens with one attached hydrogen (secondary N) is 1. The summed E-state index contributed by atoms with van der Waals surface area (Å²) >= 11 is 5.89. The predicted octanol–water partition coefficient (Wildman–Crippen LogP) is 3.14. The van der Waals surface area contributed by atoms with E-state index < -0.39 is 11.9 Å². The van der Waals surface area contributed by atoms with E-state index in [0.29, 0.717) is 16.3 Å². The van der Waals surface area contributed by atoms with E-state index in [0.717, 1.165) is 4.90 Å². The lowest BCUT2D eigenvalue weighted by Gasteiger charge is -2.11. The quantitative estimate of drug-likeness (QED) is 0.661. The van der Waals surface area contributed by atoms with Gasteiger partial charge in [-0.25, -0.2) is 9.69 Å². The molecule has 110 valence electrons. The molecule has 1 heterocycles. The molecule has 0 bridgehead atoms. The zero-order chi connectivity index (χ0) is 15.7. The SMILES string of the molecule is O=C1N/C(=C/c2ccc(O)cc2)C(=O)N1c1cccc(Cl)c1. The third kappa shape index (κ3) is 2.66. The molecule has 22 heavy (non-hydrogen) atoms. The van der Waals surface area contributed by atoms with Crippen molar-refractivity contribution >= 4 is 35.3 Å². The molecular weight excluding hydrogens is 304 g/mol. The van der Waals surface area contributed by atoms with Crippen LogP contribution in [0.4, 0.5) is 10.5 Å². The van der Waals surface area contributed by atoms with Crippen molar-refractivity contribution in [3.63, 3.8) is 0 Å². The Hall–Kier alpha value is -2.79. The van der Waals surface area contributed by atoms with E-state index in [1.165, 1.54) is 12.1 Å². The van der Waals surface area contributed by atoms with Gasteiger partial charge in [0, 0.05) is 5.02 Å². The number of amides is 3. The number of phenols is 1. The number of imide groups is 1. The van der Waals surface area contributed by atoms with Crippen LogP contribution in [0.25, 0.3) is 6.08 Å². The van der Waals surface area contributed by atoms with Crippen LogP contribution in [-0.2, 0) is 4.79 Å². The van der Waals surface area contributed by atoms with E-state index in [2.05, 4.69) is 5.32 Å². The van der Waals surface area contributed by atoms with E-state index >= 15 is 0 Å². The largest absolute Gasteiger partial charge is 0.508 e. The number of carbonyl (C=O) groups is 2. The monoisotopic (exact) mass is 314 g/mol. The number of hydrogen-bond acceptors (Lipinski definition) is 3. The van der Waals surface area contributed by atoms with Gasteiger partial charge in [0.1, 0.15) is 11.4 Å². The van der Waals surface area contributed by atoms with Crippen molar-refractivity contribution < 1.29 is 14.7 Å². The number of urea groups is 1. The van der Waals surface area contributed by atoms with Crippen molar-refractivity contribution in [2.75, 3.05) is 4.90 Å². The molecule has 1 aliphatic rings.